The van der Waals surface area contributed by atoms with E-state index in [0.29, 0.717) is 11.4 Å². The molecule has 0 aliphatic rings. The molecule has 5 nitrogen and oxygen atoms in total. The van der Waals surface area contributed by atoms with Crippen molar-refractivity contribution < 1.29 is 8.42 Å². The second-order valence-corrected chi connectivity index (χ2v) is 7.18. The Morgan fingerprint density at radius 1 is 1.24 bits per heavy atom. The van der Waals surface area contributed by atoms with Gasteiger partial charge in [0.1, 0.15) is 0 Å². The first-order valence-corrected chi connectivity index (χ1v) is 9.35. The summed E-state index contributed by atoms with van der Waals surface area (Å²) >= 11 is 0. The van der Waals surface area contributed by atoms with Crippen molar-refractivity contribution in [3.63, 3.8) is 0 Å². The summed E-state index contributed by atoms with van der Waals surface area (Å²) in [5.41, 5.74) is 1.02. The van der Waals surface area contributed by atoms with E-state index >= 15 is 0 Å². The van der Waals surface area contributed by atoms with E-state index in [9.17, 15) is 8.42 Å². The molecule has 1 unspecified atom stereocenters. The van der Waals surface area contributed by atoms with Crippen LogP contribution in [0.3, 0.4) is 0 Å². The van der Waals surface area contributed by atoms with E-state index in [2.05, 4.69) is 23.9 Å². The van der Waals surface area contributed by atoms with Crippen LogP contribution in [0.2, 0.25) is 0 Å². The van der Waals surface area contributed by atoms with Crippen molar-refractivity contribution in [1.29, 1.82) is 0 Å². The van der Waals surface area contributed by atoms with E-state index in [1.165, 1.54) is 0 Å². The van der Waals surface area contributed by atoms with Crippen LogP contribution in [-0.4, -0.2) is 25.6 Å². The van der Waals surface area contributed by atoms with Crippen molar-refractivity contribution >= 4 is 10.0 Å². The normalized spacial score (nSPS) is 13.5. The molecule has 0 aliphatic carbocycles. The van der Waals surface area contributed by atoms with Crippen LogP contribution in [0.5, 0.6) is 0 Å². The Bertz CT molecular complexity index is 523. The van der Waals surface area contributed by atoms with Crippen LogP contribution in [-0.2, 0) is 23.1 Å². The number of aryl methyl sites for hydroxylation is 1. The summed E-state index contributed by atoms with van der Waals surface area (Å²) in [6, 6.07) is 1.73. The van der Waals surface area contributed by atoms with Crippen LogP contribution in [0.4, 0.5) is 0 Å². The number of hydrogen-bond acceptors (Lipinski definition) is 3. The van der Waals surface area contributed by atoms with E-state index in [-0.39, 0.29) is 6.04 Å². The van der Waals surface area contributed by atoms with Gasteiger partial charge in [-0.15, -0.1) is 0 Å². The van der Waals surface area contributed by atoms with Crippen molar-refractivity contribution in [1.82, 2.24) is 14.6 Å². The van der Waals surface area contributed by atoms with Gasteiger partial charge in [0.2, 0.25) is 10.0 Å². The molecule has 0 aliphatic heterocycles. The average molecular weight is 315 g/mol. The molecule has 6 heteroatoms. The van der Waals surface area contributed by atoms with Gasteiger partial charge in [-0.3, -0.25) is 0 Å². The van der Waals surface area contributed by atoms with Gasteiger partial charge in [-0.1, -0.05) is 20.8 Å². The molecule has 0 saturated heterocycles. The lowest BCUT2D eigenvalue weighted by molar-refractivity contribution is 0.555. The second kappa shape index (κ2) is 8.56. The minimum atomic E-state index is -3.42. The molecule has 0 radical (unpaired) electrons. The molecule has 0 amide bonds. The monoisotopic (exact) mass is 315 g/mol. The molecule has 0 bridgehead atoms. The third-order valence-corrected chi connectivity index (χ3v) is 4.99. The minimum Gasteiger partial charge on any atom is -0.349 e. The molecule has 0 fully saturated rings. The quantitative estimate of drug-likeness (QED) is 0.652. The topological polar surface area (TPSA) is 63.1 Å². The molecule has 1 aromatic heterocycles. The van der Waals surface area contributed by atoms with Gasteiger partial charge < -0.3 is 9.88 Å². The van der Waals surface area contributed by atoms with Crippen molar-refractivity contribution in [2.24, 2.45) is 0 Å². The van der Waals surface area contributed by atoms with Crippen LogP contribution in [0, 0.1) is 0 Å². The Morgan fingerprint density at radius 3 is 2.52 bits per heavy atom. The second-order valence-electron chi connectivity index (χ2n) is 5.47. The third kappa shape index (κ3) is 5.45. The Labute approximate surface area is 129 Å². The fourth-order valence-corrected chi connectivity index (χ4v) is 3.47. The number of nitrogens with zero attached hydrogens (tertiary/aromatic N) is 1. The summed E-state index contributed by atoms with van der Waals surface area (Å²) < 4.78 is 29.5. The van der Waals surface area contributed by atoms with Gasteiger partial charge in [-0.25, -0.2) is 13.1 Å². The molecule has 2 N–H and O–H groups in total. The van der Waals surface area contributed by atoms with Crippen molar-refractivity contribution in [2.75, 3.05) is 6.54 Å². The summed E-state index contributed by atoms with van der Waals surface area (Å²) in [7, 11) is -3.42. The smallest absolute Gasteiger partial charge is 0.242 e. The molecule has 1 aromatic rings. The fraction of sp³-hybridized carbons (Fsp3) is 0.733. The zero-order valence-corrected chi connectivity index (χ0v) is 14.5. The first kappa shape index (κ1) is 18.2. The van der Waals surface area contributed by atoms with E-state index in [4.69, 9.17) is 0 Å². The zero-order chi connectivity index (χ0) is 15.9. The summed E-state index contributed by atoms with van der Waals surface area (Å²) in [6.45, 7) is 10.5. The molecule has 21 heavy (non-hydrogen) atoms. The number of sulfonamides is 1. The lowest BCUT2D eigenvalue weighted by atomic mass is 10.3. The molecule has 122 valence electrons. The highest BCUT2D eigenvalue weighted by atomic mass is 32.2. The molecular weight excluding hydrogens is 286 g/mol. The summed E-state index contributed by atoms with van der Waals surface area (Å²) in [4.78, 5) is 0.365. The van der Waals surface area contributed by atoms with Crippen molar-refractivity contribution in [3.05, 3.63) is 18.0 Å². The lowest BCUT2D eigenvalue weighted by Crippen LogP contribution is -2.31. The zero-order valence-electron chi connectivity index (χ0n) is 13.6. The molecule has 0 spiro atoms. The maximum atomic E-state index is 12.4. The Kier molecular flexibility index (Phi) is 7.42. The minimum absolute atomic E-state index is 0.0498. The highest BCUT2D eigenvalue weighted by Gasteiger charge is 2.19. The Morgan fingerprint density at radius 2 is 1.95 bits per heavy atom. The van der Waals surface area contributed by atoms with Crippen molar-refractivity contribution in [2.45, 2.75) is 71.0 Å². The van der Waals surface area contributed by atoms with Crippen LogP contribution in [0.25, 0.3) is 0 Å². The molecule has 0 aromatic carbocycles. The summed E-state index contributed by atoms with van der Waals surface area (Å²) in [5, 5.41) is 3.33. The highest BCUT2D eigenvalue weighted by Crippen LogP contribution is 2.16. The fourth-order valence-electron chi connectivity index (χ4n) is 2.08. The van der Waals surface area contributed by atoms with Gasteiger partial charge in [0, 0.05) is 31.0 Å². The van der Waals surface area contributed by atoms with Crippen LogP contribution in [0.15, 0.2) is 17.2 Å². The first-order valence-electron chi connectivity index (χ1n) is 7.86. The Hall–Kier alpha value is -0.850. The maximum absolute atomic E-state index is 12.4. The van der Waals surface area contributed by atoms with Crippen LogP contribution in [0.1, 0.15) is 52.7 Å². The SMILES string of the molecule is CCCNCc1cc(S(=O)(=O)NC(C)CC)cn1CCC. The van der Waals surface area contributed by atoms with Gasteiger partial charge >= 0.3 is 0 Å². The van der Waals surface area contributed by atoms with Crippen molar-refractivity contribution in [3.8, 4) is 0 Å². The predicted octanol–water partition coefficient (Wildman–Crippen LogP) is 2.47. The van der Waals surface area contributed by atoms with E-state index in [1.807, 2.05) is 18.4 Å². The largest absolute Gasteiger partial charge is 0.349 e. The molecular formula is C15H29N3O2S. The van der Waals surface area contributed by atoms with Gasteiger partial charge in [-0.05, 0) is 38.8 Å². The average Bonchev–Trinajstić information content (AvgIpc) is 2.83. The van der Waals surface area contributed by atoms with Crippen LogP contribution >= 0.6 is 0 Å². The van der Waals surface area contributed by atoms with E-state index < -0.39 is 10.0 Å². The molecule has 1 heterocycles. The third-order valence-electron chi connectivity index (χ3n) is 3.44. The molecule has 0 saturated carbocycles. The summed E-state index contributed by atoms with van der Waals surface area (Å²) in [6.07, 6.45) is 4.57. The maximum Gasteiger partial charge on any atom is 0.242 e. The molecule has 1 atom stereocenters. The summed E-state index contributed by atoms with van der Waals surface area (Å²) in [5.74, 6) is 0. The predicted molar refractivity (Wildman–Crippen MR) is 86.8 cm³/mol. The van der Waals surface area contributed by atoms with Gasteiger partial charge in [-0.2, -0.15) is 0 Å². The Balaban J connectivity index is 2.94. The first-order chi connectivity index (χ1) is 9.94. The van der Waals surface area contributed by atoms with Crippen LogP contribution < -0.4 is 10.0 Å². The number of nitrogens with one attached hydrogen (secondary N) is 2. The number of hydrogen-bond donors (Lipinski definition) is 2. The van der Waals surface area contributed by atoms with E-state index in [0.717, 1.165) is 38.0 Å². The van der Waals surface area contributed by atoms with E-state index in [1.54, 1.807) is 12.3 Å². The molecule has 1 rings (SSSR count). The standard InChI is InChI=1S/C15H29N3O2S/c1-5-8-16-11-14-10-15(12-18(14)9-6-2)21(19,20)17-13(4)7-3/h10,12-13,16-17H,5-9,11H2,1-4H3. The number of aromatic nitrogens is 1. The highest BCUT2D eigenvalue weighted by molar-refractivity contribution is 7.89. The van der Waals surface area contributed by atoms with Gasteiger partial charge in [0.15, 0.2) is 0 Å². The van der Waals surface area contributed by atoms with Gasteiger partial charge in [0.25, 0.3) is 0 Å². The van der Waals surface area contributed by atoms with Gasteiger partial charge in [0.05, 0.1) is 4.90 Å². The number of rotatable bonds is 10. The lowest BCUT2D eigenvalue weighted by Gasteiger charge is -2.10.